The molecule has 0 unspecified atom stereocenters. The quantitative estimate of drug-likeness (QED) is 0.0754. The Balaban J connectivity index is 1.33. The molecule has 0 aliphatic rings. The first kappa shape index (κ1) is 30.2. The Labute approximate surface area is 228 Å². The fraction of sp³-hybridized carbons (Fsp3) is 0.636. The third-order valence-electron chi connectivity index (χ3n) is 6.77. The van der Waals surface area contributed by atoms with Crippen LogP contribution in [-0.2, 0) is 6.42 Å². The van der Waals surface area contributed by atoms with Gasteiger partial charge in [0, 0.05) is 0 Å². The Bertz CT molecular complexity index is 697. The van der Waals surface area contributed by atoms with Gasteiger partial charge in [0.15, 0.2) is 3.57 Å². The predicted octanol–water partition coefficient (Wildman–Crippen LogP) is 7.22. The molecule has 2 heteroatoms. The van der Waals surface area contributed by atoms with Crippen LogP contribution in [0.2, 0.25) is 0 Å². The van der Waals surface area contributed by atoms with Crippen molar-refractivity contribution in [3.8, 4) is 5.75 Å². The molecule has 35 heavy (non-hydrogen) atoms. The third-order valence-corrected chi connectivity index (χ3v) is 9.67. The van der Waals surface area contributed by atoms with Crippen molar-refractivity contribution in [3.05, 3.63) is 63.7 Å². The van der Waals surface area contributed by atoms with Crippen LogP contribution in [0.1, 0.15) is 122 Å². The van der Waals surface area contributed by atoms with Crippen molar-refractivity contribution in [2.75, 3.05) is 11.0 Å². The van der Waals surface area contributed by atoms with Gasteiger partial charge in [0.2, 0.25) is 0 Å². The number of hydrogen-bond acceptors (Lipinski definition) is 1. The van der Waals surface area contributed by atoms with E-state index in [1.807, 2.05) is 0 Å². The van der Waals surface area contributed by atoms with Gasteiger partial charge in [-0.3, -0.25) is 0 Å². The van der Waals surface area contributed by atoms with E-state index in [-0.39, 0.29) is 21.2 Å². The number of hydrogen-bond donors (Lipinski definition) is 0. The first-order chi connectivity index (χ1) is 17.4. The van der Waals surface area contributed by atoms with E-state index in [1.54, 1.807) is 0 Å². The first-order valence-corrected chi connectivity index (χ1v) is 17.3. The molecule has 0 aromatic heterocycles. The zero-order chi connectivity index (χ0) is 24.7. The van der Waals surface area contributed by atoms with Gasteiger partial charge in [-0.15, -0.1) is 0 Å². The zero-order valence-electron chi connectivity index (χ0n) is 22.6. The maximum atomic E-state index is 5.98. The summed E-state index contributed by atoms with van der Waals surface area (Å²) in [5.74, 6) is 1.04. The Morgan fingerprint density at radius 3 is 1.60 bits per heavy atom. The molecule has 0 saturated heterocycles. The van der Waals surface area contributed by atoms with Crippen LogP contribution < -0.4 is 25.9 Å². The largest absolute Gasteiger partial charge is 0.494 e. The highest BCUT2D eigenvalue weighted by molar-refractivity contribution is 5.20. The molecule has 196 valence electrons. The molecule has 0 aliphatic carbocycles. The highest BCUT2D eigenvalue weighted by Gasteiger charge is 2.11. The van der Waals surface area contributed by atoms with Gasteiger partial charge in [0.1, 0.15) is 10.2 Å². The monoisotopic (exact) mass is 591 g/mol. The van der Waals surface area contributed by atoms with Crippen molar-refractivity contribution in [1.82, 2.24) is 0 Å². The van der Waals surface area contributed by atoms with E-state index in [9.17, 15) is 0 Å². The number of rotatable bonds is 23. The van der Waals surface area contributed by atoms with E-state index >= 15 is 0 Å². The summed E-state index contributed by atoms with van der Waals surface area (Å²) in [6.45, 7) is 3.16. The number of aryl methyl sites for hydroxylation is 1. The van der Waals surface area contributed by atoms with Gasteiger partial charge in [-0.05, 0) is 49.1 Å². The average Bonchev–Trinajstić information content (AvgIpc) is 2.90. The van der Waals surface area contributed by atoms with Gasteiger partial charge in [0.05, 0.1) is 6.61 Å². The molecule has 0 radical (unpaired) electrons. The van der Waals surface area contributed by atoms with Gasteiger partial charge < -0.3 is 4.74 Å². The number of alkyl halides is 1. The van der Waals surface area contributed by atoms with Gasteiger partial charge >= 0.3 is 21.2 Å². The van der Waals surface area contributed by atoms with Crippen LogP contribution in [0.4, 0.5) is 0 Å². The van der Waals surface area contributed by atoms with E-state index in [2.05, 4.69) is 61.5 Å². The van der Waals surface area contributed by atoms with Crippen molar-refractivity contribution >= 4 is 0 Å². The third kappa shape index (κ3) is 17.1. The second-order valence-electron chi connectivity index (χ2n) is 10.0. The van der Waals surface area contributed by atoms with Crippen molar-refractivity contribution in [1.29, 1.82) is 0 Å². The summed E-state index contributed by atoms with van der Waals surface area (Å²) in [5, 5.41) is 0. The standard InChI is InChI=1S/C33H52IO/c1-2-3-4-5-6-7-8-9-10-11-12-13-14-15-16-20-30-35-33-27-25-32(26-28-33)34-29-21-24-31-22-18-17-19-23-31/h17-19,22-23,25-28H,2-16,20-21,24,29-30H2,1H3/q+1. The maximum Gasteiger partial charge on any atom is 0.313 e. The van der Waals surface area contributed by atoms with Crippen molar-refractivity contribution in [2.24, 2.45) is 0 Å². The molecule has 0 bridgehead atoms. The molecule has 2 aromatic carbocycles. The summed E-state index contributed by atoms with van der Waals surface area (Å²) in [4.78, 5) is 0. The van der Waals surface area contributed by atoms with E-state index < -0.39 is 0 Å². The average molecular weight is 592 g/mol. The highest BCUT2D eigenvalue weighted by Crippen LogP contribution is 2.14. The van der Waals surface area contributed by atoms with Crippen LogP contribution in [0, 0.1) is 3.57 Å². The lowest BCUT2D eigenvalue weighted by Crippen LogP contribution is -3.62. The summed E-state index contributed by atoms with van der Waals surface area (Å²) < 4.78 is 8.86. The van der Waals surface area contributed by atoms with Crippen molar-refractivity contribution in [3.63, 3.8) is 0 Å². The zero-order valence-corrected chi connectivity index (χ0v) is 24.8. The van der Waals surface area contributed by atoms with Gasteiger partial charge in [-0.1, -0.05) is 134 Å². The summed E-state index contributed by atoms with van der Waals surface area (Å²) in [7, 11) is 0. The van der Waals surface area contributed by atoms with Gasteiger partial charge in [-0.2, -0.15) is 0 Å². The second kappa shape index (κ2) is 22.2. The van der Waals surface area contributed by atoms with E-state index in [0.717, 1.165) is 12.4 Å². The minimum Gasteiger partial charge on any atom is -0.494 e. The van der Waals surface area contributed by atoms with E-state index in [0.29, 0.717) is 0 Å². The normalized spacial score (nSPS) is 11.1. The van der Waals surface area contributed by atoms with Crippen LogP contribution >= 0.6 is 0 Å². The molecule has 0 spiro atoms. The number of unbranched alkanes of at least 4 members (excludes halogenated alkanes) is 15. The van der Waals surface area contributed by atoms with Crippen LogP contribution in [0.15, 0.2) is 54.6 Å². The van der Waals surface area contributed by atoms with Crippen LogP contribution in [-0.4, -0.2) is 11.0 Å². The van der Waals surface area contributed by atoms with Crippen LogP contribution in [0.5, 0.6) is 5.75 Å². The topological polar surface area (TPSA) is 9.23 Å². The van der Waals surface area contributed by atoms with E-state index in [1.165, 1.54) is 129 Å². The molecular weight excluding hydrogens is 539 g/mol. The van der Waals surface area contributed by atoms with Gasteiger partial charge in [-0.25, -0.2) is 0 Å². The Kier molecular flexibility index (Phi) is 19.1. The minimum atomic E-state index is 0.123. The smallest absolute Gasteiger partial charge is 0.313 e. The molecule has 1 nitrogen and oxygen atoms in total. The second-order valence-corrected chi connectivity index (χ2v) is 13.1. The summed E-state index contributed by atoms with van der Waals surface area (Å²) in [6.07, 6.45) is 25.1. The van der Waals surface area contributed by atoms with E-state index in [4.69, 9.17) is 4.74 Å². The molecule has 0 amide bonds. The SMILES string of the molecule is CCCCCCCCCCCCCCCCCCOc1ccc([I+]CCCc2ccccc2)cc1. The highest BCUT2D eigenvalue weighted by atomic mass is 127. The fourth-order valence-corrected chi connectivity index (χ4v) is 6.81. The van der Waals surface area contributed by atoms with Crippen molar-refractivity contribution < 1.29 is 25.9 Å². The first-order valence-electron chi connectivity index (χ1n) is 14.7. The molecule has 0 aliphatic heterocycles. The molecule has 0 N–H and O–H groups in total. The Morgan fingerprint density at radius 2 is 1.06 bits per heavy atom. The molecule has 0 fully saturated rings. The summed E-state index contributed by atoms with van der Waals surface area (Å²) in [5.41, 5.74) is 1.47. The maximum absolute atomic E-state index is 5.98. The lowest BCUT2D eigenvalue weighted by Gasteiger charge is -2.06. The number of benzene rings is 2. The summed E-state index contributed by atoms with van der Waals surface area (Å²) >= 11 is 0.123. The molecule has 2 rings (SSSR count). The van der Waals surface area contributed by atoms with Gasteiger partial charge in [0.25, 0.3) is 0 Å². The molecule has 0 saturated carbocycles. The predicted molar refractivity (Wildman–Crippen MR) is 150 cm³/mol. The minimum absolute atomic E-state index is 0.123. The molecule has 2 aromatic rings. The molecular formula is C33H52IO+. The molecule has 0 atom stereocenters. The number of halogens is 1. The van der Waals surface area contributed by atoms with Crippen molar-refractivity contribution in [2.45, 2.75) is 122 Å². The fourth-order valence-electron chi connectivity index (χ4n) is 4.55. The lowest BCUT2D eigenvalue weighted by atomic mass is 10.0. The Morgan fingerprint density at radius 1 is 0.543 bits per heavy atom. The Hall–Kier alpha value is -1.03. The van der Waals surface area contributed by atoms with Crippen LogP contribution in [0.25, 0.3) is 0 Å². The lowest BCUT2D eigenvalue weighted by molar-refractivity contribution is -0.627. The molecule has 0 heterocycles. The number of ether oxygens (including phenoxy) is 1. The summed E-state index contributed by atoms with van der Waals surface area (Å²) in [6, 6.07) is 19.8. The van der Waals surface area contributed by atoms with Crippen LogP contribution in [0.3, 0.4) is 0 Å².